The molecule has 2 rings (SSSR count). The third kappa shape index (κ3) is 7.91. The van der Waals surface area contributed by atoms with Crippen molar-refractivity contribution in [3.8, 4) is 18.1 Å². The number of rotatable bonds is 6. The quantitative estimate of drug-likeness (QED) is 0.234. The fourth-order valence-electron chi connectivity index (χ4n) is 2.86. The van der Waals surface area contributed by atoms with Gasteiger partial charge < -0.3 is 15.8 Å². The second kappa shape index (κ2) is 12.0. The molecule has 1 aliphatic rings. The number of terminal acetylenes is 1. The van der Waals surface area contributed by atoms with Gasteiger partial charge in [0.05, 0.1) is 0 Å². The van der Waals surface area contributed by atoms with Gasteiger partial charge in [-0.2, -0.15) is 0 Å². The highest BCUT2D eigenvalue weighted by atomic mass is 127. The molecule has 0 atom stereocenters. The largest absolute Gasteiger partial charge is 0.481 e. The molecule has 0 amide bonds. The summed E-state index contributed by atoms with van der Waals surface area (Å²) in [6.45, 7) is 0.989. The van der Waals surface area contributed by atoms with Crippen molar-refractivity contribution in [3.05, 3.63) is 29.8 Å². The second-order valence-corrected chi connectivity index (χ2v) is 5.99. The highest BCUT2D eigenvalue weighted by Crippen LogP contribution is 2.17. The van der Waals surface area contributed by atoms with E-state index in [0.29, 0.717) is 25.2 Å². The van der Waals surface area contributed by atoms with Crippen LogP contribution < -0.4 is 15.8 Å². The van der Waals surface area contributed by atoms with E-state index in [4.69, 9.17) is 16.9 Å². The summed E-state index contributed by atoms with van der Waals surface area (Å²) in [7, 11) is 0. The fourth-order valence-corrected chi connectivity index (χ4v) is 2.86. The Hall–Kier alpha value is -1.42. The van der Waals surface area contributed by atoms with E-state index >= 15 is 0 Å². The SMILES string of the molecule is C#CCOc1ccc(CCN=C(N)NC2CCCCCC2)cc1.I. The number of nitrogens with zero attached hydrogens (tertiary/aromatic N) is 1. The second-order valence-electron chi connectivity index (χ2n) is 5.99. The average molecular weight is 441 g/mol. The van der Waals surface area contributed by atoms with E-state index in [1.807, 2.05) is 24.3 Å². The van der Waals surface area contributed by atoms with Crippen LogP contribution in [0, 0.1) is 12.3 Å². The number of halogens is 1. The maximum absolute atomic E-state index is 6.00. The molecule has 1 aromatic rings. The number of benzene rings is 1. The van der Waals surface area contributed by atoms with Crippen LogP contribution in [0.5, 0.6) is 5.75 Å². The van der Waals surface area contributed by atoms with E-state index in [-0.39, 0.29) is 24.0 Å². The van der Waals surface area contributed by atoms with Gasteiger partial charge in [-0.1, -0.05) is 43.7 Å². The molecule has 1 aromatic carbocycles. The molecule has 5 heteroatoms. The Bertz CT molecular complexity index is 529. The zero-order valence-electron chi connectivity index (χ0n) is 14.2. The minimum Gasteiger partial charge on any atom is -0.481 e. The first-order valence-corrected chi connectivity index (χ1v) is 8.49. The van der Waals surface area contributed by atoms with E-state index in [1.54, 1.807) is 0 Å². The molecule has 0 aliphatic heterocycles. The van der Waals surface area contributed by atoms with Gasteiger partial charge in [0.25, 0.3) is 0 Å². The maximum atomic E-state index is 6.00. The molecule has 0 heterocycles. The van der Waals surface area contributed by atoms with Crippen LogP contribution in [0.4, 0.5) is 0 Å². The molecule has 4 nitrogen and oxygen atoms in total. The van der Waals surface area contributed by atoms with Crippen LogP contribution in [-0.2, 0) is 6.42 Å². The van der Waals surface area contributed by atoms with Gasteiger partial charge in [-0.25, -0.2) is 0 Å². The Balaban J connectivity index is 0.00000288. The zero-order valence-corrected chi connectivity index (χ0v) is 16.5. The number of nitrogens with two attached hydrogens (primary N) is 1. The zero-order chi connectivity index (χ0) is 16.3. The van der Waals surface area contributed by atoms with Gasteiger partial charge in [0.2, 0.25) is 0 Å². The lowest BCUT2D eigenvalue weighted by Crippen LogP contribution is -2.40. The van der Waals surface area contributed by atoms with Crippen LogP contribution in [0.25, 0.3) is 0 Å². The van der Waals surface area contributed by atoms with Gasteiger partial charge in [-0.15, -0.1) is 30.4 Å². The molecule has 0 radical (unpaired) electrons. The molecule has 0 spiro atoms. The molecule has 1 aliphatic carbocycles. The Kier molecular flexibility index (Phi) is 10.3. The number of hydrogen-bond acceptors (Lipinski definition) is 2. The van der Waals surface area contributed by atoms with Gasteiger partial charge in [-0.05, 0) is 37.0 Å². The number of hydrogen-bond donors (Lipinski definition) is 2. The van der Waals surface area contributed by atoms with Crippen LogP contribution in [0.2, 0.25) is 0 Å². The number of guanidine groups is 1. The Labute approximate surface area is 162 Å². The first-order valence-electron chi connectivity index (χ1n) is 8.49. The van der Waals surface area contributed by atoms with E-state index in [9.17, 15) is 0 Å². The first kappa shape index (κ1) is 20.6. The molecule has 0 saturated heterocycles. The van der Waals surface area contributed by atoms with Crippen molar-refractivity contribution in [1.82, 2.24) is 5.32 Å². The lowest BCUT2D eigenvalue weighted by atomic mass is 10.1. The third-order valence-electron chi connectivity index (χ3n) is 4.14. The van der Waals surface area contributed by atoms with Crippen molar-refractivity contribution in [2.45, 2.75) is 51.0 Å². The molecule has 3 N–H and O–H groups in total. The van der Waals surface area contributed by atoms with Gasteiger partial charge in [0.1, 0.15) is 12.4 Å². The van der Waals surface area contributed by atoms with E-state index in [0.717, 1.165) is 12.2 Å². The van der Waals surface area contributed by atoms with Gasteiger partial charge >= 0.3 is 0 Å². The van der Waals surface area contributed by atoms with Crippen LogP contribution in [0.3, 0.4) is 0 Å². The fraction of sp³-hybridized carbons (Fsp3) is 0.526. The minimum absolute atomic E-state index is 0. The summed E-state index contributed by atoms with van der Waals surface area (Å²) in [6, 6.07) is 8.44. The summed E-state index contributed by atoms with van der Waals surface area (Å²) in [4.78, 5) is 4.44. The minimum atomic E-state index is 0. The van der Waals surface area contributed by atoms with E-state index < -0.39 is 0 Å². The van der Waals surface area contributed by atoms with Crippen molar-refractivity contribution >= 4 is 29.9 Å². The summed E-state index contributed by atoms with van der Waals surface area (Å²) in [5.74, 6) is 3.82. The summed E-state index contributed by atoms with van der Waals surface area (Å²) in [5, 5.41) is 3.37. The van der Waals surface area contributed by atoms with Crippen molar-refractivity contribution in [1.29, 1.82) is 0 Å². The van der Waals surface area contributed by atoms with Crippen LogP contribution in [0.1, 0.15) is 44.1 Å². The summed E-state index contributed by atoms with van der Waals surface area (Å²) >= 11 is 0. The molecule has 132 valence electrons. The molecule has 0 bridgehead atoms. The first-order chi connectivity index (χ1) is 11.3. The standard InChI is InChI=1S/C19H27N3O.HI/c1-2-15-23-18-11-9-16(10-12-18)13-14-21-19(20)22-17-7-5-3-4-6-8-17;/h1,9-12,17H,3-8,13-15H2,(H3,20,21,22);1H. The summed E-state index contributed by atoms with van der Waals surface area (Å²) in [5.41, 5.74) is 7.21. The summed E-state index contributed by atoms with van der Waals surface area (Å²) in [6.07, 6.45) is 13.7. The Morgan fingerprint density at radius 2 is 1.88 bits per heavy atom. The number of nitrogens with one attached hydrogen (secondary N) is 1. The average Bonchev–Trinajstić information content (AvgIpc) is 2.83. The highest BCUT2D eigenvalue weighted by molar-refractivity contribution is 14.0. The molecule has 1 fully saturated rings. The van der Waals surface area contributed by atoms with E-state index in [1.165, 1.54) is 44.1 Å². The van der Waals surface area contributed by atoms with Crippen LogP contribution in [-0.4, -0.2) is 25.2 Å². The molecular formula is C19H28IN3O. The molecule has 24 heavy (non-hydrogen) atoms. The lowest BCUT2D eigenvalue weighted by molar-refractivity contribution is 0.370. The maximum Gasteiger partial charge on any atom is 0.188 e. The number of ether oxygens (including phenoxy) is 1. The Morgan fingerprint density at radius 1 is 1.21 bits per heavy atom. The van der Waals surface area contributed by atoms with Crippen molar-refractivity contribution in [2.75, 3.05) is 13.2 Å². The molecule has 0 aromatic heterocycles. The van der Waals surface area contributed by atoms with Gasteiger partial charge in [0, 0.05) is 12.6 Å². The van der Waals surface area contributed by atoms with Crippen LogP contribution >= 0.6 is 24.0 Å². The van der Waals surface area contributed by atoms with E-state index in [2.05, 4.69) is 16.2 Å². The predicted octanol–water partition coefficient (Wildman–Crippen LogP) is 3.49. The normalized spacial score (nSPS) is 15.7. The third-order valence-corrected chi connectivity index (χ3v) is 4.14. The molecule has 1 saturated carbocycles. The topological polar surface area (TPSA) is 59.6 Å². The molecular weight excluding hydrogens is 413 g/mol. The van der Waals surface area contributed by atoms with Crippen molar-refractivity contribution in [3.63, 3.8) is 0 Å². The monoisotopic (exact) mass is 441 g/mol. The van der Waals surface area contributed by atoms with Gasteiger partial charge in [-0.3, -0.25) is 4.99 Å². The van der Waals surface area contributed by atoms with Crippen LogP contribution in [0.15, 0.2) is 29.3 Å². The molecule has 0 unspecified atom stereocenters. The highest BCUT2D eigenvalue weighted by Gasteiger charge is 2.12. The van der Waals surface area contributed by atoms with Gasteiger partial charge in [0.15, 0.2) is 5.96 Å². The summed E-state index contributed by atoms with van der Waals surface area (Å²) < 4.78 is 5.35. The van der Waals surface area contributed by atoms with Crippen molar-refractivity contribution < 1.29 is 4.74 Å². The smallest absolute Gasteiger partial charge is 0.188 e. The van der Waals surface area contributed by atoms with Crippen molar-refractivity contribution in [2.24, 2.45) is 10.7 Å². The number of aliphatic imine (C=N–C) groups is 1. The predicted molar refractivity (Wildman–Crippen MR) is 111 cm³/mol. The lowest BCUT2D eigenvalue weighted by Gasteiger charge is -2.16. The Morgan fingerprint density at radius 3 is 2.50 bits per heavy atom.